The molecule has 0 aliphatic rings. The van der Waals surface area contributed by atoms with Gasteiger partial charge < -0.3 is 11.1 Å². The van der Waals surface area contributed by atoms with Gasteiger partial charge in [0.25, 0.3) is 0 Å². The number of anilines is 2. The first-order valence-electron chi connectivity index (χ1n) is 6.26. The molecular weight excluding hydrogens is 212 g/mol. The van der Waals surface area contributed by atoms with Crippen LogP contribution in [0.4, 0.5) is 11.6 Å². The van der Waals surface area contributed by atoms with Crippen LogP contribution in [0, 0.1) is 0 Å². The Labute approximate surface area is 104 Å². The van der Waals surface area contributed by atoms with Crippen molar-refractivity contribution in [2.24, 2.45) is 0 Å². The Hall–Kier alpha value is -1.32. The van der Waals surface area contributed by atoms with Gasteiger partial charge in [-0.05, 0) is 20.3 Å². The molecule has 1 aromatic rings. The summed E-state index contributed by atoms with van der Waals surface area (Å²) < 4.78 is 0. The lowest BCUT2D eigenvalue weighted by molar-refractivity contribution is 0.508. The molecule has 0 saturated heterocycles. The quantitative estimate of drug-likeness (QED) is 0.824. The third kappa shape index (κ3) is 4.21. The fourth-order valence-corrected chi connectivity index (χ4v) is 1.84. The van der Waals surface area contributed by atoms with E-state index in [2.05, 4.69) is 49.9 Å². The molecule has 96 valence electrons. The highest BCUT2D eigenvalue weighted by Gasteiger charge is 2.17. The lowest BCUT2D eigenvalue weighted by atomic mass is 9.99. The predicted octanol–water partition coefficient (Wildman–Crippen LogP) is 3.17. The van der Waals surface area contributed by atoms with Crippen LogP contribution in [-0.2, 0) is 0 Å². The van der Waals surface area contributed by atoms with Gasteiger partial charge in [0.05, 0.1) is 0 Å². The average molecular weight is 236 g/mol. The van der Waals surface area contributed by atoms with Gasteiger partial charge >= 0.3 is 0 Å². The summed E-state index contributed by atoms with van der Waals surface area (Å²) in [7, 11) is 0. The maximum absolute atomic E-state index is 5.80. The van der Waals surface area contributed by atoms with Crippen LogP contribution in [0.1, 0.15) is 59.2 Å². The molecule has 0 aliphatic heterocycles. The van der Waals surface area contributed by atoms with E-state index in [0.717, 1.165) is 24.5 Å². The van der Waals surface area contributed by atoms with Gasteiger partial charge in [0.2, 0.25) is 0 Å². The number of aromatic nitrogens is 2. The summed E-state index contributed by atoms with van der Waals surface area (Å²) >= 11 is 0. The molecule has 0 spiro atoms. The molecular formula is C13H24N4. The van der Waals surface area contributed by atoms with Crippen molar-refractivity contribution in [1.82, 2.24) is 9.97 Å². The molecule has 1 aromatic heterocycles. The van der Waals surface area contributed by atoms with Crippen molar-refractivity contribution in [3.8, 4) is 0 Å². The van der Waals surface area contributed by atoms with Gasteiger partial charge in [0, 0.05) is 17.5 Å². The maximum Gasteiger partial charge on any atom is 0.135 e. The van der Waals surface area contributed by atoms with Crippen molar-refractivity contribution in [2.45, 2.75) is 58.9 Å². The van der Waals surface area contributed by atoms with Crippen LogP contribution in [0.2, 0.25) is 0 Å². The Balaban J connectivity index is 2.91. The molecule has 0 unspecified atom stereocenters. The van der Waals surface area contributed by atoms with E-state index < -0.39 is 0 Å². The van der Waals surface area contributed by atoms with Gasteiger partial charge in [-0.1, -0.05) is 27.2 Å². The van der Waals surface area contributed by atoms with E-state index in [4.69, 9.17) is 5.73 Å². The van der Waals surface area contributed by atoms with E-state index >= 15 is 0 Å². The van der Waals surface area contributed by atoms with E-state index in [1.165, 1.54) is 0 Å². The highest BCUT2D eigenvalue weighted by molar-refractivity contribution is 5.46. The number of nitrogen functional groups attached to an aromatic ring is 1. The highest BCUT2D eigenvalue weighted by Crippen LogP contribution is 2.21. The molecule has 0 atom stereocenters. The summed E-state index contributed by atoms with van der Waals surface area (Å²) in [6.07, 6.45) is 2.23. The first-order chi connectivity index (χ1) is 7.84. The summed E-state index contributed by atoms with van der Waals surface area (Å²) in [6.45, 7) is 10.6. The third-order valence-electron chi connectivity index (χ3n) is 2.62. The number of rotatable bonds is 5. The van der Waals surface area contributed by atoms with Crippen molar-refractivity contribution >= 4 is 11.6 Å². The zero-order chi connectivity index (χ0) is 13.1. The van der Waals surface area contributed by atoms with Crippen molar-refractivity contribution in [3.63, 3.8) is 0 Å². The smallest absolute Gasteiger partial charge is 0.135 e. The second-order valence-electron chi connectivity index (χ2n) is 5.45. The Morgan fingerprint density at radius 1 is 1.35 bits per heavy atom. The first-order valence-corrected chi connectivity index (χ1v) is 6.26. The number of hydrogen-bond acceptors (Lipinski definition) is 4. The minimum absolute atomic E-state index is 0.0315. The Morgan fingerprint density at radius 2 is 2.00 bits per heavy atom. The fourth-order valence-electron chi connectivity index (χ4n) is 1.84. The summed E-state index contributed by atoms with van der Waals surface area (Å²) in [5.74, 6) is 2.42. The van der Waals surface area contributed by atoms with E-state index in [1.807, 2.05) is 0 Å². The van der Waals surface area contributed by atoms with E-state index in [1.54, 1.807) is 6.07 Å². The van der Waals surface area contributed by atoms with Gasteiger partial charge in [0.15, 0.2) is 0 Å². The van der Waals surface area contributed by atoms with Crippen LogP contribution in [0.5, 0.6) is 0 Å². The molecule has 0 amide bonds. The predicted molar refractivity (Wildman–Crippen MR) is 73.1 cm³/mol. The zero-order valence-corrected chi connectivity index (χ0v) is 11.5. The van der Waals surface area contributed by atoms with Crippen molar-refractivity contribution < 1.29 is 0 Å². The lowest BCUT2D eigenvalue weighted by Gasteiger charge is -2.26. The van der Waals surface area contributed by atoms with Gasteiger partial charge in [-0.2, -0.15) is 0 Å². The lowest BCUT2D eigenvalue weighted by Crippen LogP contribution is -2.31. The van der Waals surface area contributed by atoms with Crippen molar-refractivity contribution in [3.05, 3.63) is 11.9 Å². The molecule has 0 bridgehead atoms. The Kier molecular flexibility index (Phi) is 4.32. The molecule has 1 rings (SSSR count). The second kappa shape index (κ2) is 5.34. The highest BCUT2D eigenvalue weighted by atomic mass is 15.1. The SMILES string of the molecule is CCCC(C)(C)Nc1cc(N)nc(C(C)C)n1. The zero-order valence-electron chi connectivity index (χ0n) is 11.5. The maximum atomic E-state index is 5.80. The van der Waals surface area contributed by atoms with Gasteiger partial charge in [-0.15, -0.1) is 0 Å². The number of hydrogen-bond donors (Lipinski definition) is 2. The second-order valence-corrected chi connectivity index (χ2v) is 5.45. The normalized spacial score (nSPS) is 11.9. The van der Waals surface area contributed by atoms with E-state index in [0.29, 0.717) is 5.82 Å². The minimum atomic E-state index is 0.0315. The summed E-state index contributed by atoms with van der Waals surface area (Å²) in [4.78, 5) is 8.73. The number of nitrogens with two attached hydrogens (primary N) is 1. The number of nitrogens with zero attached hydrogens (tertiary/aromatic N) is 2. The van der Waals surface area contributed by atoms with Crippen molar-refractivity contribution in [2.75, 3.05) is 11.1 Å². The molecule has 0 radical (unpaired) electrons. The summed E-state index contributed by atoms with van der Waals surface area (Å²) in [5.41, 5.74) is 5.83. The molecule has 1 heterocycles. The van der Waals surface area contributed by atoms with Crippen LogP contribution < -0.4 is 11.1 Å². The van der Waals surface area contributed by atoms with E-state index in [9.17, 15) is 0 Å². The fraction of sp³-hybridized carbons (Fsp3) is 0.692. The molecule has 17 heavy (non-hydrogen) atoms. The molecule has 4 heteroatoms. The van der Waals surface area contributed by atoms with Crippen LogP contribution in [0.15, 0.2) is 6.07 Å². The number of nitrogens with one attached hydrogen (secondary N) is 1. The molecule has 0 fully saturated rings. The van der Waals surface area contributed by atoms with Crippen molar-refractivity contribution in [1.29, 1.82) is 0 Å². The Morgan fingerprint density at radius 3 is 2.53 bits per heavy atom. The summed E-state index contributed by atoms with van der Waals surface area (Å²) in [6, 6.07) is 1.79. The van der Waals surface area contributed by atoms with Gasteiger partial charge in [-0.25, -0.2) is 9.97 Å². The molecule has 3 N–H and O–H groups in total. The molecule has 0 aliphatic carbocycles. The molecule has 0 aromatic carbocycles. The topological polar surface area (TPSA) is 63.8 Å². The Bertz CT molecular complexity index is 372. The van der Waals surface area contributed by atoms with Crippen LogP contribution >= 0.6 is 0 Å². The minimum Gasteiger partial charge on any atom is -0.384 e. The largest absolute Gasteiger partial charge is 0.384 e. The van der Waals surface area contributed by atoms with Gasteiger partial charge in [-0.3, -0.25) is 0 Å². The van der Waals surface area contributed by atoms with E-state index in [-0.39, 0.29) is 11.5 Å². The monoisotopic (exact) mass is 236 g/mol. The summed E-state index contributed by atoms with van der Waals surface area (Å²) in [5, 5.41) is 3.42. The van der Waals surface area contributed by atoms with Gasteiger partial charge in [0.1, 0.15) is 17.5 Å². The molecule has 4 nitrogen and oxygen atoms in total. The first kappa shape index (κ1) is 13.7. The van der Waals surface area contributed by atoms with Crippen LogP contribution in [0.3, 0.4) is 0 Å². The third-order valence-corrected chi connectivity index (χ3v) is 2.62. The van der Waals surface area contributed by atoms with Crippen LogP contribution in [0.25, 0.3) is 0 Å². The molecule has 0 saturated carbocycles. The van der Waals surface area contributed by atoms with Crippen LogP contribution in [-0.4, -0.2) is 15.5 Å². The average Bonchev–Trinajstić information content (AvgIpc) is 2.15. The standard InChI is InChI=1S/C13H24N4/c1-6-7-13(4,5)17-11-8-10(14)15-12(16-11)9(2)3/h8-9H,6-7H2,1-5H3,(H3,14,15,16,17).